The molecule has 0 radical (unpaired) electrons. The second-order valence-electron chi connectivity index (χ2n) is 6.84. The first-order valence-corrected chi connectivity index (χ1v) is 8.96. The summed E-state index contributed by atoms with van der Waals surface area (Å²) < 4.78 is 32.8. The van der Waals surface area contributed by atoms with Crippen molar-refractivity contribution in [2.75, 3.05) is 13.6 Å². The van der Waals surface area contributed by atoms with Crippen LogP contribution in [0.1, 0.15) is 34.6 Å². The highest BCUT2D eigenvalue weighted by Gasteiger charge is 2.17. The predicted octanol–water partition coefficient (Wildman–Crippen LogP) is 2.87. The molecule has 4 rings (SSSR count). The molecule has 0 amide bonds. The van der Waals surface area contributed by atoms with E-state index in [0.29, 0.717) is 23.0 Å². The summed E-state index contributed by atoms with van der Waals surface area (Å²) >= 11 is 0. The van der Waals surface area contributed by atoms with E-state index in [2.05, 4.69) is 32.2 Å². The number of pyridine rings is 2. The lowest BCUT2D eigenvalue weighted by atomic mass is 10.0. The number of aryl methyl sites for hydroxylation is 1. The molecule has 0 bridgehead atoms. The Morgan fingerprint density at radius 2 is 2.04 bits per heavy atom. The molecule has 1 aliphatic heterocycles. The van der Waals surface area contributed by atoms with Crippen molar-refractivity contribution >= 4 is 0 Å². The van der Waals surface area contributed by atoms with Gasteiger partial charge in [-0.15, -0.1) is 5.10 Å². The van der Waals surface area contributed by atoms with Gasteiger partial charge in [-0.3, -0.25) is 4.98 Å². The first-order valence-electron chi connectivity index (χ1n) is 8.96. The van der Waals surface area contributed by atoms with Crippen molar-refractivity contribution in [3.05, 3.63) is 58.8 Å². The average molecular weight is 386 g/mol. The summed E-state index contributed by atoms with van der Waals surface area (Å²) in [4.78, 5) is 10.4. The van der Waals surface area contributed by atoms with Gasteiger partial charge in [0.2, 0.25) is 5.88 Å². The van der Waals surface area contributed by atoms with Gasteiger partial charge in [0.25, 0.3) is 6.43 Å². The zero-order chi connectivity index (χ0) is 19.7. The number of nitrogens with zero attached hydrogens (tertiary/aromatic N) is 6. The van der Waals surface area contributed by atoms with Crippen LogP contribution in [0.4, 0.5) is 8.78 Å². The predicted molar refractivity (Wildman–Crippen MR) is 97.5 cm³/mol. The van der Waals surface area contributed by atoms with Gasteiger partial charge in [0.05, 0.1) is 17.6 Å². The lowest BCUT2D eigenvalue weighted by Gasteiger charge is -2.24. The van der Waals surface area contributed by atoms with E-state index >= 15 is 0 Å². The van der Waals surface area contributed by atoms with Gasteiger partial charge in [-0.05, 0) is 43.7 Å². The Labute approximate surface area is 161 Å². The van der Waals surface area contributed by atoms with Gasteiger partial charge in [-0.1, -0.05) is 5.21 Å². The third-order valence-electron chi connectivity index (χ3n) is 4.81. The summed E-state index contributed by atoms with van der Waals surface area (Å²) in [5.41, 5.74) is 4.14. The minimum absolute atomic E-state index is 0.209. The molecular weight excluding hydrogens is 366 g/mol. The SMILES string of the molecule is Cc1nnn(-c2ccc(C(F)F)nc2)c1COc1cc2c(cn1)CN(C)CC2. The van der Waals surface area contributed by atoms with Crippen molar-refractivity contribution in [2.45, 2.75) is 32.9 Å². The highest BCUT2D eigenvalue weighted by molar-refractivity contribution is 5.33. The van der Waals surface area contributed by atoms with Crippen LogP contribution >= 0.6 is 0 Å². The molecule has 0 N–H and O–H groups in total. The van der Waals surface area contributed by atoms with Gasteiger partial charge in [-0.2, -0.15) is 0 Å². The zero-order valence-corrected chi connectivity index (χ0v) is 15.6. The number of hydrogen-bond donors (Lipinski definition) is 0. The summed E-state index contributed by atoms with van der Waals surface area (Å²) in [5, 5.41) is 8.16. The van der Waals surface area contributed by atoms with Crippen molar-refractivity contribution in [1.82, 2.24) is 29.9 Å². The molecule has 7 nitrogen and oxygen atoms in total. The van der Waals surface area contributed by atoms with Gasteiger partial charge in [-0.25, -0.2) is 18.4 Å². The minimum Gasteiger partial charge on any atom is -0.471 e. The topological polar surface area (TPSA) is 69.0 Å². The van der Waals surface area contributed by atoms with Gasteiger partial charge in [0.15, 0.2) is 0 Å². The fourth-order valence-electron chi connectivity index (χ4n) is 3.18. The molecule has 0 aliphatic carbocycles. The molecule has 28 heavy (non-hydrogen) atoms. The molecule has 0 aromatic carbocycles. The minimum atomic E-state index is -2.61. The van der Waals surface area contributed by atoms with Gasteiger partial charge in [0, 0.05) is 25.4 Å². The number of aromatic nitrogens is 5. The monoisotopic (exact) mass is 386 g/mol. The molecule has 0 spiro atoms. The van der Waals surface area contributed by atoms with Crippen LogP contribution in [0.15, 0.2) is 30.6 Å². The maximum atomic E-state index is 12.7. The molecular formula is C19H20F2N6O. The van der Waals surface area contributed by atoms with Crippen LogP contribution in [0.25, 0.3) is 5.69 Å². The normalized spacial score (nSPS) is 14.3. The third-order valence-corrected chi connectivity index (χ3v) is 4.81. The van der Waals surface area contributed by atoms with Crippen LogP contribution in [0.2, 0.25) is 0 Å². The van der Waals surface area contributed by atoms with Crippen LogP contribution in [0.3, 0.4) is 0 Å². The second kappa shape index (κ2) is 7.59. The van der Waals surface area contributed by atoms with Crippen molar-refractivity contribution in [1.29, 1.82) is 0 Å². The van der Waals surface area contributed by atoms with E-state index in [1.165, 1.54) is 23.4 Å². The Balaban J connectivity index is 1.52. The number of ether oxygens (including phenoxy) is 1. The molecule has 0 atom stereocenters. The summed E-state index contributed by atoms with van der Waals surface area (Å²) in [6, 6.07) is 4.80. The van der Waals surface area contributed by atoms with Gasteiger partial charge < -0.3 is 9.64 Å². The van der Waals surface area contributed by atoms with Crippen LogP contribution in [-0.4, -0.2) is 43.5 Å². The quantitative estimate of drug-likeness (QED) is 0.672. The fourth-order valence-corrected chi connectivity index (χ4v) is 3.18. The lowest BCUT2D eigenvalue weighted by Crippen LogP contribution is -2.26. The Bertz CT molecular complexity index is 973. The molecule has 1 aliphatic rings. The van der Waals surface area contributed by atoms with Crippen LogP contribution in [-0.2, 0) is 19.6 Å². The standard InChI is InChI=1S/C19H20F2N6O/c1-12-17(27(25-24-12)15-3-4-16(19(20)21)22-9-15)11-28-18-7-13-5-6-26(2)10-14(13)8-23-18/h3-4,7-9,19H,5-6,10-11H2,1-2H3. The number of rotatable bonds is 5. The number of alkyl halides is 2. The van der Waals surface area contributed by atoms with E-state index in [-0.39, 0.29) is 12.3 Å². The number of halogens is 2. The molecule has 0 saturated heterocycles. The highest BCUT2D eigenvalue weighted by Crippen LogP contribution is 2.22. The Morgan fingerprint density at radius 1 is 1.18 bits per heavy atom. The maximum Gasteiger partial charge on any atom is 0.280 e. The van der Waals surface area contributed by atoms with Gasteiger partial charge in [0.1, 0.15) is 18.0 Å². The smallest absolute Gasteiger partial charge is 0.280 e. The summed E-state index contributed by atoms with van der Waals surface area (Å²) in [7, 11) is 2.09. The molecule has 4 heterocycles. The number of hydrogen-bond acceptors (Lipinski definition) is 6. The van der Waals surface area contributed by atoms with E-state index < -0.39 is 6.43 Å². The maximum absolute atomic E-state index is 12.7. The van der Waals surface area contributed by atoms with E-state index in [4.69, 9.17) is 4.74 Å². The third kappa shape index (κ3) is 3.70. The summed E-state index contributed by atoms with van der Waals surface area (Å²) in [5.74, 6) is 0.543. The molecule has 3 aromatic rings. The molecule has 0 unspecified atom stereocenters. The van der Waals surface area contributed by atoms with Crippen LogP contribution in [0.5, 0.6) is 5.88 Å². The first-order chi connectivity index (χ1) is 13.5. The molecule has 146 valence electrons. The molecule has 0 fully saturated rings. The Hall–Kier alpha value is -2.94. The lowest BCUT2D eigenvalue weighted by molar-refractivity contribution is 0.146. The van der Waals surface area contributed by atoms with E-state index in [9.17, 15) is 8.78 Å². The van der Waals surface area contributed by atoms with Crippen molar-refractivity contribution in [2.24, 2.45) is 0 Å². The number of fused-ring (bicyclic) bond motifs is 1. The van der Waals surface area contributed by atoms with Crippen molar-refractivity contribution < 1.29 is 13.5 Å². The zero-order valence-electron chi connectivity index (χ0n) is 15.6. The summed E-state index contributed by atoms with van der Waals surface area (Å²) in [6.45, 7) is 3.92. The second-order valence-corrected chi connectivity index (χ2v) is 6.84. The summed E-state index contributed by atoms with van der Waals surface area (Å²) in [6.07, 6.45) is 1.57. The molecule has 9 heteroatoms. The Kier molecular flexibility index (Phi) is 4.99. The van der Waals surface area contributed by atoms with Gasteiger partial charge >= 0.3 is 0 Å². The highest BCUT2D eigenvalue weighted by atomic mass is 19.3. The van der Waals surface area contributed by atoms with Crippen molar-refractivity contribution in [3.63, 3.8) is 0 Å². The fraction of sp³-hybridized carbons (Fsp3) is 0.368. The van der Waals surface area contributed by atoms with E-state index in [0.717, 1.165) is 19.5 Å². The largest absolute Gasteiger partial charge is 0.471 e. The van der Waals surface area contributed by atoms with Crippen LogP contribution < -0.4 is 4.74 Å². The number of likely N-dealkylation sites (N-methyl/N-ethyl adjacent to an activating group) is 1. The first kappa shape index (κ1) is 18.4. The average Bonchev–Trinajstić information content (AvgIpc) is 3.06. The van der Waals surface area contributed by atoms with E-state index in [1.807, 2.05) is 19.2 Å². The molecule has 0 saturated carbocycles. The Morgan fingerprint density at radius 3 is 2.79 bits per heavy atom. The molecule has 3 aromatic heterocycles. The van der Waals surface area contributed by atoms with E-state index in [1.54, 1.807) is 10.7 Å². The van der Waals surface area contributed by atoms with Crippen LogP contribution in [0, 0.1) is 6.92 Å². The van der Waals surface area contributed by atoms with Crippen molar-refractivity contribution in [3.8, 4) is 11.6 Å².